The third kappa shape index (κ3) is 3.22. The van der Waals surface area contributed by atoms with E-state index in [0.29, 0.717) is 17.2 Å². The van der Waals surface area contributed by atoms with Gasteiger partial charge in [-0.3, -0.25) is 0 Å². The minimum Gasteiger partial charge on any atom is -0.539 e. The standard InChI is InChI=1S/C12H10BFO3/c14-9-1-3-10(4-2-9)16-11-5-7-12(8-6-11)17-13-15/h1-8,13,15H. The summed E-state index contributed by atoms with van der Waals surface area (Å²) in [5.41, 5.74) is 0. The molecule has 2 aromatic rings. The van der Waals surface area contributed by atoms with Crippen molar-refractivity contribution < 1.29 is 18.8 Å². The van der Waals surface area contributed by atoms with Gasteiger partial charge in [-0.05, 0) is 48.5 Å². The normalized spacial score (nSPS) is 9.76. The third-order valence-corrected chi connectivity index (χ3v) is 2.10. The zero-order valence-corrected chi connectivity index (χ0v) is 8.97. The molecule has 0 atom stereocenters. The van der Waals surface area contributed by atoms with Crippen LogP contribution in [0.3, 0.4) is 0 Å². The van der Waals surface area contributed by atoms with E-state index in [-0.39, 0.29) is 13.5 Å². The van der Waals surface area contributed by atoms with E-state index in [4.69, 9.17) is 14.4 Å². The molecule has 0 bridgehead atoms. The Morgan fingerprint density at radius 1 is 0.824 bits per heavy atom. The first-order valence-corrected chi connectivity index (χ1v) is 5.05. The van der Waals surface area contributed by atoms with Crippen LogP contribution in [0.4, 0.5) is 4.39 Å². The molecular formula is C12H10BFO3. The van der Waals surface area contributed by atoms with Crippen molar-refractivity contribution in [2.75, 3.05) is 0 Å². The molecule has 2 rings (SSSR count). The second-order valence-corrected chi connectivity index (χ2v) is 3.30. The molecule has 0 amide bonds. The Kier molecular flexibility index (Phi) is 3.62. The topological polar surface area (TPSA) is 38.7 Å². The predicted molar refractivity (Wildman–Crippen MR) is 62.9 cm³/mol. The highest BCUT2D eigenvalue weighted by Gasteiger charge is 1.99. The maximum Gasteiger partial charge on any atom is 0.504 e. The molecule has 0 aliphatic rings. The van der Waals surface area contributed by atoms with E-state index in [1.165, 1.54) is 12.1 Å². The summed E-state index contributed by atoms with van der Waals surface area (Å²) in [6.45, 7) is 0. The van der Waals surface area contributed by atoms with E-state index in [1.54, 1.807) is 36.4 Å². The van der Waals surface area contributed by atoms with Crippen molar-refractivity contribution in [3.63, 3.8) is 0 Å². The van der Waals surface area contributed by atoms with Crippen LogP contribution in [0.1, 0.15) is 0 Å². The molecule has 17 heavy (non-hydrogen) atoms. The fraction of sp³-hybridized carbons (Fsp3) is 0. The molecule has 0 unspecified atom stereocenters. The molecule has 0 aromatic heterocycles. The van der Waals surface area contributed by atoms with E-state index < -0.39 is 0 Å². The summed E-state index contributed by atoms with van der Waals surface area (Å²) in [6.07, 6.45) is 0. The van der Waals surface area contributed by atoms with E-state index in [0.717, 1.165) is 0 Å². The molecule has 86 valence electrons. The molecule has 0 aliphatic heterocycles. The van der Waals surface area contributed by atoms with Crippen LogP contribution >= 0.6 is 0 Å². The van der Waals surface area contributed by atoms with Gasteiger partial charge in [-0.2, -0.15) is 0 Å². The largest absolute Gasteiger partial charge is 0.539 e. The van der Waals surface area contributed by atoms with Crippen molar-refractivity contribution in [1.82, 2.24) is 0 Å². The van der Waals surface area contributed by atoms with Crippen molar-refractivity contribution in [2.24, 2.45) is 0 Å². The van der Waals surface area contributed by atoms with Gasteiger partial charge in [0.05, 0.1) is 0 Å². The molecule has 0 radical (unpaired) electrons. The molecule has 0 spiro atoms. The quantitative estimate of drug-likeness (QED) is 0.821. The van der Waals surface area contributed by atoms with Gasteiger partial charge >= 0.3 is 7.69 Å². The number of halogens is 1. The fourth-order valence-corrected chi connectivity index (χ4v) is 1.32. The lowest BCUT2D eigenvalue weighted by molar-refractivity contribution is 0.450. The minimum atomic E-state index is -0.363. The Balaban J connectivity index is 2.05. The maximum atomic E-state index is 12.7. The lowest BCUT2D eigenvalue weighted by Gasteiger charge is -2.06. The van der Waals surface area contributed by atoms with Crippen LogP contribution in [-0.2, 0) is 0 Å². The average molecular weight is 232 g/mol. The van der Waals surface area contributed by atoms with Gasteiger partial charge in [-0.15, -0.1) is 0 Å². The number of hydrogen-bond donors (Lipinski definition) is 1. The van der Waals surface area contributed by atoms with E-state index in [9.17, 15) is 4.39 Å². The second kappa shape index (κ2) is 5.36. The van der Waals surface area contributed by atoms with Crippen LogP contribution in [-0.4, -0.2) is 12.7 Å². The maximum absolute atomic E-state index is 12.7. The van der Waals surface area contributed by atoms with Gasteiger partial charge in [0.25, 0.3) is 0 Å². The first-order chi connectivity index (χ1) is 8.28. The highest BCUT2D eigenvalue weighted by molar-refractivity contribution is 6.17. The molecular weight excluding hydrogens is 222 g/mol. The number of ether oxygens (including phenoxy) is 1. The lowest BCUT2D eigenvalue weighted by atomic mass is 10.3. The van der Waals surface area contributed by atoms with Crippen molar-refractivity contribution in [3.8, 4) is 17.2 Å². The molecule has 0 heterocycles. The Morgan fingerprint density at radius 3 is 1.82 bits per heavy atom. The van der Waals surface area contributed by atoms with Gasteiger partial charge in [-0.1, -0.05) is 0 Å². The Morgan fingerprint density at radius 2 is 1.29 bits per heavy atom. The van der Waals surface area contributed by atoms with Crippen molar-refractivity contribution in [3.05, 3.63) is 54.3 Å². The summed E-state index contributed by atoms with van der Waals surface area (Å²) in [6, 6.07) is 12.5. The lowest BCUT2D eigenvalue weighted by Crippen LogP contribution is -1.99. The third-order valence-electron chi connectivity index (χ3n) is 2.10. The molecule has 0 fully saturated rings. The van der Waals surface area contributed by atoms with Gasteiger partial charge < -0.3 is 14.4 Å². The predicted octanol–water partition coefficient (Wildman–Crippen LogP) is 2.26. The van der Waals surface area contributed by atoms with Crippen molar-refractivity contribution >= 4 is 7.69 Å². The number of rotatable bonds is 4. The molecule has 0 saturated carbocycles. The van der Waals surface area contributed by atoms with Crippen LogP contribution in [0.25, 0.3) is 0 Å². The molecule has 0 aliphatic carbocycles. The highest BCUT2D eigenvalue weighted by Crippen LogP contribution is 2.23. The summed E-state index contributed by atoms with van der Waals surface area (Å²) >= 11 is 0. The Bertz CT molecular complexity index is 470. The number of benzene rings is 2. The van der Waals surface area contributed by atoms with Gasteiger partial charge in [0.15, 0.2) is 0 Å². The summed E-state index contributed by atoms with van der Waals surface area (Å²) in [5.74, 6) is 1.42. The molecule has 1 N–H and O–H groups in total. The zero-order valence-electron chi connectivity index (χ0n) is 8.97. The van der Waals surface area contributed by atoms with E-state index in [1.807, 2.05) is 0 Å². The molecule has 0 saturated heterocycles. The Hall–Kier alpha value is -2.01. The first kappa shape index (κ1) is 11.5. The molecule has 2 aromatic carbocycles. The van der Waals surface area contributed by atoms with Crippen LogP contribution in [0.5, 0.6) is 17.2 Å². The number of hydrogen-bond acceptors (Lipinski definition) is 3. The Labute approximate surface area is 98.7 Å². The van der Waals surface area contributed by atoms with Crippen LogP contribution in [0.15, 0.2) is 48.5 Å². The van der Waals surface area contributed by atoms with Crippen molar-refractivity contribution in [1.29, 1.82) is 0 Å². The zero-order chi connectivity index (χ0) is 12.1. The second-order valence-electron chi connectivity index (χ2n) is 3.30. The average Bonchev–Trinajstić information content (AvgIpc) is 2.35. The van der Waals surface area contributed by atoms with E-state index >= 15 is 0 Å². The van der Waals surface area contributed by atoms with Gasteiger partial charge in [-0.25, -0.2) is 4.39 Å². The van der Waals surface area contributed by atoms with Crippen molar-refractivity contribution in [2.45, 2.75) is 0 Å². The van der Waals surface area contributed by atoms with Gasteiger partial charge in [0.2, 0.25) is 0 Å². The van der Waals surface area contributed by atoms with Gasteiger partial charge in [0.1, 0.15) is 23.1 Å². The van der Waals surface area contributed by atoms with Crippen LogP contribution in [0, 0.1) is 5.82 Å². The molecule has 3 nitrogen and oxygen atoms in total. The van der Waals surface area contributed by atoms with E-state index in [2.05, 4.69) is 0 Å². The monoisotopic (exact) mass is 232 g/mol. The van der Waals surface area contributed by atoms with Crippen LogP contribution < -0.4 is 9.39 Å². The summed E-state index contributed by atoms with van der Waals surface area (Å²) < 4.78 is 23.0. The molecule has 5 heteroatoms. The van der Waals surface area contributed by atoms with Gasteiger partial charge in [0, 0.05) is 0 Å². The SMILES string of the molecule is OBOc1ccc(Oc2ccc(F)cc2)cc1. The fourth-order valence-electron chi connectivity index (χ4n) is 1.32. The summed E-state index contributed by atoms with van der Waals surface area (Å²) in [7, 11) is -0.363. The van der Waals surface area contributed by atoms with Crippen LogP contribution in [0.2, 0.25) is 0 Å². The summed E-state index contributed by atoms with van der Waals surface area (Å²) in [5, 5.41) is 8.56. The minimum absolute atomic E-state index is 0.302. The smallest absolute Gasteiger partial charge is 0.504 e. The summed E-state index contributed by atoms with van der Waals surface area (Å²) in [4.78, 5) is 0. The first-order valence-electron chi connectivity index (χ1n) is 5.05. The highest BCUT2D eigenvalue weighted by atomic mass is 19.1.